The van der Waals surface area contributed by atoms with Gasteiger partial charge < -0.3 is 81.1 Å². The van der Waals surface area contributed by atoms with E-state index in [1.807, 2.05) is 43.4 Å². The van der Waals surface area contributed by atoms with Crippen molar-refractivity contribution in [3.05, 3.63) is 85.1 Å². The summed E-state index contributed by atoms with van der Waals surface area (Å²) in [7, 11) is 1.37. The molecule has 2 saturated heterocycles. The van der Waals surface area contributed by atoms with E-state index in [1.54, 1.807) is 69.4 Å². The van der Waals surface area contributed by atoms with Crippen molar-refractivity contribution >= 4 is 11.9 Å². The molecule has 0 aromatic rings. The van der Waals surface area contributed by atoms with E-state index in [-0.39, 0.29) is 31.6 Å². The Morgan fingerprint density at radius 3 is 1.85 bits per heavy atom. The zero-order valence-corrected chi connectivity index (χ0v) is 38.6. The molecular formula is C48H76N2O16. The monoisotopic (exact) mass is 937 g/mol. The van der Waals surface area contributed by atoms with Gasteiger partial charge >= 0.3 is 5.97 Å². The van der Waals surface area contributed by atoms with Gasteiger partial charge in [0.25, 0.3) is 0 Å². The minimum atomic E-state index is -2.24. The predicted octanol–water partition coefficient (Wildman–Crippen LogP) is 0.373. The number of amides is 1. The third-order valence-electron chi connectivity index (χ3n) is 12.3. The molecule has 0 radical (unpaired) electrons. The van der Waals surface area contributed by atoms with E-state index in [0.29, 0.717) is 0 Å². The van der Waals surface area contributed by atoms with Gasteiger partial charge in [-0.15, -0.1) is 0 Å². The average Bonchev–Trinajstić information content (AvgIpc) is 3.24. The van der Waals surface area contributed by atoms with E-state index in [4.69, 9.17) is 24.7 Å². The van der Waals surface area contributed by atoms with Crippen LogP contribution in [0.5, 0.6) is 0 Å². The lowest BCUT2D eigenvalue weighted by atomic mass is 9.82. The molecule has 3 heterocycles. The van der Waals surface area contributed by atoms with Gasteiger partial charge in [-0.3, -0.25) is 9.59 Å². The number of nitrogens with one attached hydrogen (secondary N) is 1. The SMILES string of the molecule is CNC(=O)[C@H]1[C@@H]2C[C@@H](O[C@@H]3O[C@H](C)[C@@H](O)[C@H](N)[C@H]3O)/C=C/C=C/C=C/C=C/C=C/C=C/C=C/[C@H](C)[C@@H](O)[C@@H](C)[C@H](C)OC(=O)C[C@H](O)C[C@H](O)CC[C@@H](O)[C@H](O)C[C@H](O)C[C@](O)(C[C@@H]1O)O2. The van der Waals surface area contributed by atoms with Crippen molar-refractivity contribution in [2.45, 2.75) is 177 Å². The standard InChI is InChI=1S/C48H76N2O16/c1-28-18-16-14-12-10-8-6-7-9-11-13-15-17-19-35(65-47-45(60)42(49)44(59)31(4)64-47)25-39-41(46(61)50-5)38(56)27-48(62,66-39)26-34(53)23-37(55)36(54)21-20-32(51)22-33(52)24-40(57)63-30(3)29(2)43(28)58/h6-19,28-39,41-45,47,51-56,58-60,62H,20-27,49H2,1-5H3,(H,50,61)/b7-6+,10-8+,11-9+,14-12+,15-13+,18-16+,19-17+/t28-,29-,30-,31+,32+,33+,34-,35-,36+,37+,38-,39-,41+,42-,43+,44+,45+,47-,48+/m0/s1. The van der Waals surface area contributed by atoms with E-state index in [9.17, 15) is 60.7 Å². The number of hydrogen-bond acceptors (Lipinski definition) is 17. The highest BCUT2D eigenvalue weighted by atomic mass is 16.7. The summed E-state index contributed by atoms with van der Waals surface area (Å²) in [6, 6.07) is -1.12. The topological polar surface area (TPSA) is 311 Å². The van der Waals surface area contributed by atoms with Crippen LogP contribution in [0.1, 0.15) is 79.1 Å². The Balaban J connectivity index is 1.88. The summed E-state index contributed by atoms with van der Waals surface area (Å²) >= 11 is 0. The molecule has 18 nitrogen and oxygen atoms in total. The van der Waals surface area contributed by atoms with E-state index in [1.165, 1.54) is 7.05 Å². The number of aliphatic hydroxyl groups excluding tert-OH is 9. The fourth-order valence-electron chi connectivity index (χ4n) is 8.16. The lowest BCUT2D eigenvalue weighted by Crippen LogP contribution is -2.62. The second kappa shape index (κ2) is 28.1. The van der Waals surface area contributed by atoms with Gasteiger partial charge in [0.05, 0.1) is 85.5 Å². The van der Waals surface area contributed by atoms with Crippen LogP contribution in [0, 0.1) is 17.8 Å². The minimum absolute atomic E-state index is 0.0890. The Hall–Kier alpha value is -3.44. The Bertz CT molecular complexity index is 1690. The zero-order chi connectivity index (χ0) is 49.1. The highest BCUT2D eigenvalue weighted by molar-refractivity contribution is 5.79. The highest BCUT2D eigenvalue weighted by Crippen LogP contribution is 2.38. The molecule has 13 N–H and O–H groups in total. The molecule has 0 unspecified atom stereocenters. The van der Waals surface area contributed by atoms with Crippen LogP contribution in [0.3, 0.4) is 0 Å². The fourth-order valence-corrected chi connectivity index (χ4v) is 8.16. The van der Waals surface area contributed by atoms with Gasteiger partial charge in [0.1, 0.15) is 12.2 Å². The van der Waals surface area contributed by atoms with Crippen LogP contribution in [0.2, 0.25) is 0 Å². The first-order valence-corrected chi connectivity index (χ1v) is 22.8. The number of nitrogens with two attached hydrogens (primary N) is 1. The number of fused-ring (bicyclic) bond motifs is 2. The first-order chi connectivity index (χ1) is 31.2. The van der Waals surface area contributed by atoms with E-state index in [0.717, 1.165) is 0 Å². The number of carbonyl (C=O) groups is 2. The molecule has 18 heteroatoms. The van der Waals surface area contributed by atoms with Gasteiger partial charge in [-0.1, -0.05) is 98.9 Å². The predicted molar refractivity (Wildman–Crippen MR) is 243 cm³/mol. The molecule has 2 bridgehead atoms. The lowest BCUT2D eigenvalue weighted by molar-refractivity contribution is -0.307. The van der Waals surface area contributed by atoms with Crippen molar-refractivity contribution < 1.29 is 79.6 Å². The zero-order valence-electron chi connectivity index (χ0n) is 38.6. The van der Waals surface area contributed by atoms with Crippen molar-refractivity contribution in [2.24, 2.45) is 23.5 Å². The molecule has 0 saturated carbocycles. The number of allylic oxidation sites excluding steroid dienone is 12. The summed E-state index contributed by atoms with van der Waals surface area (Å²) in [6.45, 7) is 6.79. The maximum Gasteiger partial charge on any atom is 0.308 e. The summed E-state index contributed by atoms with van der Waals surface area (Å²) in [5, 5.41) is 111. The fraction of sp³-hybridized carbons (Fsp3) is 0.667. The van der Waals surface area contributed by atoms with E-state index < -0.39 is 147 Å². The molecule has 3 rings (SSSR count). The number of carbonyl (C=O) groups excluding carboxylic acids is 2. The highest BCUT2D eigenvalue weighted by Gasteiger charge is 2.50. The number of ether oxygens (including phenoxy) is 4. The van der Waals surface area contributed by atoms with Crippen LogP contribution >= 0.6 is 0 Å². The number of esters is 1. The van der Waals surface area contributed by atoms with Crippen molar-refractivity contribution in [3.63, 3.8) is 0 Å². The van der Waals surface area contributed by atoms with E-state index in [2.05, 4.69) is 5.32 Å². The first kappa shape index (κ1) is 56.9. The maximum atomic E-state index is 13.2. The van der Waals surface area contributed by atoms with Gasteiger partial charge in [-0.2, -0.15) is 0 Å². The maximum absolute atomic E-state index is 13.2. The molecule has 0 spiro atoms. The number of cyclic esters (lactones) is 1. The van der Waals surface area contributed by atoms with Crippen LogP contribution in [-0.4, -0.2) is 167 Å². The number of rotatable bonds is 3. The van der Waals surface area contributed by atoms with Crippen molar-refractivity contribution in [1.82, 2.24) is 5.32 Å². The molecule has 0 aromatic heterocycles. The van der Waals surface area contributed by atoms with Crippen LogP contribution in [-0.2, 0) is 28.5 Å². The van der Waals surface area contributed by atoms with Crippen LogP contribution in [0.15, 0.2) is 85.1 Å². The third kappa shape index (κ3) is 18.6. The van der Waals surface area contributed by atoms with Gasteiger partial charge in [0.15, 0.2) is 12.1 Å². The summed E-state index contributed by atoms with van der Waals surface area (Å²) < 4.78 is 23.5. The number of hydrogen-bond donors (Lipinski definition) is 12. The van der Waals surface area contributed by atoms with E-state index >= 15 is 0 Å². The van der Waals surface area contributed by atoms with Crippen molar-refractivity contribution in [1.29, 1.82) is 0 Å². The minimum Gasteiger partial charge on any atom is -0.462 e. The summed E-state index contributed by atoms with van der Waals surface area (Å²) in [4.78, 5) is 25.8. The largest absolute Gasteiger partial charge is 0.462 e. The quantitative estimate of drug-likeness (QED) is 0.170. The summed E-state index contributed by atoms with van der Waals surface area (Å²) in [6.07, 6.45) is 4.99. The smallest absolute Gasteiger partial charge is 0.308 e. The lowest BCUT2D eigenvalue weighted by Gasteiger charge is -2.46. The normalized spacial score (nSPS) is 44.9. The molecule has 66 heavy (non-hydrogen) atoms. The average molecular weight is 937 g/mol. The Labute approximate surface area is 388 Å². The summed E-state index contributed by atoms with van der Waals surface area (Å²) in [5.74, 6) is -5.54. The number of aliphatic hydroxyl groups is 10. The van der Waals surface area contributed by atoms with Gasteiger partial charge in [-0.25, -0.2) is 0 Å². The molecule has 0 aromatic carbocycles. The van der Waals surface area contributed by atoms with Crippen molar-refractivity contribution in [3.8, 4) is 0 Å². The molecular weight excluding hydrogens is 861 g/mol. The van der Waals surface area contributed by atoms with Crippen molar-refractivity contribution in [2.75, 3.05) is 7.05 Å². The van der Waals surface area contributed by atoms with Gasteiger partial charge in [0.2, 0.25) is 5.91 Å². The van der Waals surface area contributed by atoms with Crippen LogP contribution in [0.4, 0.5) is 0 Å². The van der Waals surface area contributed by atoms with Crippen LogP contribution in [0.25, 0.3) is 0 Å². The third-order valence-corrected chi connectivity index (χ3v) is 12.3. The summed E-state index contributed by atoms with van der Waals surface area (Å²) in [5.41, 5.74) is 6.06. The Morgan fingerprint density at radius 2 is 1.26 bits per heavy atom. The Morgan fingerprint density at radius 1 is 0.682 bits per heavy atom. The molecule has 3 aliphatic rings. The molecule has 2 fully saturated rings. The first-order valence-electron chi connectivity index (χ1n) is 22.8. The van der Waals surface area contributed by atoms with Crippen LogP contribution < -0.4 is 11.1 Å². The molecule has 1 amide bonds. The molecule has 19 atom stereocenters. The second-order valence-electron chi connectivity index (χ2n) is 17.8. The molecule has 3 aliphatic heterocycles. The van der Waals surface area contributed by atoms with Gasteiger partial charge in [-0.05, 0) is 33.1 Å². The van der Waals surface area contributed by atoms with Gasteiger partial charge in [0, 0.05) is 44.6 Å². The molecule has 374 valence electrons. The second-order valence-corrected chi connectivity index (χ2v) is 17.8. The Kier molecular flexibility index (Phi) is 24.3. The molecule has 0 aliphatic carbocycles.